The molecule has 72 valence electrons. The van der Waals surface area contributed by atoms with Gasteiger partial charge in [0.2, 0.25) is 0 Å². The van der Waals surface area contributed by atoms with E-state index in [1.54, 1.807) is 6.26 Å². The van der Waals surface area contributed by atoms with Crippen molar-refractivity contribution in [2.24, 2.45) is 17.8 Å². The SMILES string of the molecule is CC1=COC(=O)[C@@H]2[C@@H](C)CCC[C@@H]12. The second-order valence-electron chi connectivity index (χ2n) is 4.34. The van der Waals surface area contributed by atoms with Crippen molar-refractivity contribution in [2.45, 2.75) is 33.1 Å². The molecule has 0 N–H and O–H groups in total. The van der Waals surface area contributed by atoms with Gasteiger partial charge in [-0.15, -0.1) is 0 Å². The summed E-state index contributed by atoms with van der Waals surface area (Å²) in [7, 11) is 0. The lowest BCUT2D eigenvalue weighted by molar-refractivity contribution is -0.149. The highest BCUT2D eigenvalue weighted by atomic mass is 16.5. The van der Waals surface area contributed by atoms with Crippen LogP contribution < -0.4 is 0 Å². The molecule has 2 nitrogen and oxygen atoms in total. The fraction of sp³-hybridized carbons (Fsp3) is 0.727. The first-order valence-corrected chi connectivity index (χ1v) is 5.07. The molecule has 2 rings (SSSR count). The minimum Gasteiger partial charge on any atom is -0.434 e. The van der Waals surface area contributed by atoms with E-state index in [9.17, 15) is 4.79 Å². The molecule has 2 aliphatic rings. The van der Waals surface area contributed by atoms with Crippen LogP contribution in [0.15, 0.2) is 11.8 Å². The van der Waals surface area contributed by atoms with Gasteiger partial charge in [-0.05, 0) is 37.2 Å². The van der Waals surface area contributed by atoms with Gasteiger partial charge in [-0.3, -0.25) is 4.79 Å². The molecule has 13 heavy (non-hydrogen) atoms. The molecule has 0 bridgehead atoms. The number of rotatable bonds is 0. The van der Waals surface area contributed by atoms with Crippen LogP contribution in [0.2, 0.25) is 0 Å². The van der Waals surface area contributed by atoms with Gasteiger partial charge in [0.05, 0.1) is 12.2 Å². The summed E-state index contributed by atoms with van der Waals surface area (Å²) in [5.74, 6) is 1.08. The van der Waals surface area contributed by atoms with Crippen molar-refractivity contribution in [3.63, 3.8) is 0 Å². The van der Waals surface area contributed by atoms with E-state index in [1.807, 2.05) is 0 Å². The van der Waals surface area contributed by atoms with E-state index >= 15 is 0 Å². The topological polar surface area (TPSA) is 26.3 Å². The van der Waals surface area contributed by atoms with Crippen LogP contribution >= 0.6 is 0 Å². The van der Waals surface area contributed by atoms with E-state index in [4.69, 9.17) is 4.74 Å². The Balaban J connectivity index is 2.27. The fourth-order valence-corrected chi connectivity index (χ4v) is 2.64. The van der Waals surface area contributed by atoms with Gasteiger partial charge in [-0.25, -0.2) is 0 Å². The normalized spacial score (nSPS) is 39.1. The first-order valence-electron chi connectivity index (χ1n) is 5.07. The zero-order valence-electron chi connectivity index (χ0n) is 8.25. The van der Waals surface area contributed by atoms with Gasteiger partial charge < -0.3 is 4.74 Å². The molecule has 1 aliphatic heterocycles. The highest BCUT2D eigenvalue weighted by molar-refractivity contribution is 5.75. The Labute approximate surface area is 79.0 Å². The number of fused-ring (bicyclic) bond motifs is 1. The maximum absolute atomic E-state index is 11.5. The summed E-state index contributed by atoms with van der Waals surface area (Å²) in [5.41, 5.74) is 1.25. The van der Waals surface area contributed by atoms with Gasteiger partial charge in [0.15, 0.2) is 0 Å². The van der Waals surface area contributed by atoms with Crippen LogP contribution in [-0.4, -0.2) is 5.97 Å². The van der Waals surface area contributed by atoms with E-state index in [2.05, 4.69) is 13.8 Å². The van der Waals surface area contributed by atoms with Crippen LogP contribution in [0, 0.1) is 17.8 Å². The Hall–Kier alpha value is -0.790. The summed E-state index contributed by atoms with van der Waals surface area (Å²) in [4.78, 5) is 11.5. The predicted molar refractivity (Wildman–Crippen MR) is 49.8 cm³/mol. The lowest BCUT2D eigenvalue weighted by Gasteiger charge is -2.37. The predicted octanol–water partition coefficient (Wildman–Crippen LogP) is 2.50. The monoisotopic (exact) mass is 180 g/mol. The number of cyclic esters (lactones) is 1. The lowest BCUT2D eigenvalue weighted by Crippen LogP contribution is -2.37. The maximum atomic E-state index is 11.5. The molecule has 0 aromatic carbocycles. The summed E-state index contributed by atoms with van der Waals surface area (Å²) in [6.07, 6.45) is 5.22. The number of ether oxygens (including phenoxy) is 1. The molecule has 1 fully saturated rings. The standard InChI is InChI=1S/C11H16O2/c1-7-4-3-5-9-8(2)6-13-11(12)10(7)9/h6-7,9-10H,3-5H2,1-2H3/t7-,9-,10+/m0/s1. The van der Waals surface area contributed by atoms with Crippen LogP contribution in [0.1, 0.15) is 33.1 Å². The maximum Gasteiger partial charge on any atom is 0.314 e. The Morgan fingerprint density at radius 2 is 2.23 bits per heavy atom. The average molecular weight is 180 g/mol. The third-order valence-corrected chi connectivity index (χ3v) is 3.44. The Morgan fingerprint density at radius 1 is 1.46 bits per heavy atom. The minimum atomic E-state index is -0.0113. The first kappa shape index (κ1) is 8.79. The van der Waals surface area contributed by atoms with Crippen LogP contribution in [0.4, 0.5) is 0 Å². The second kappa shape index (κ2) is 3.17. The zero-order valence-corrected chi connectivity index (χ0v) is 8.25. The molecular formula is C11H16O2. The molecule has 0 unspecified atom stereocenters. The quantitative estimate of drug-likeness (QED) is 0.535. The second-order valence-corrected chi connectivity index (χ2v) is 4.34. The molecule has 1 aliphatic carbocycles. The molecule has 2 heteroatoms. The molecule has 0 aromatic heterocycles. The lowest BCUT2D eigenvalue weighted by atomic mass is 9.69. The fourth-order valence-electron chi connectivity index (χ4n) is 2.64. The van der Waals surface area contributed by atoms with Crippen LogP contribution in [0.3, 0.4) is 0 Å². The van der Waals surface area contributed by atoms with E-state index in [0.717, 1.165) is 6.42 Å². The van der Waals surface area contributed by atoms with Crippen molar-refractivity contribution in [2.75, 3.05) is 0 Å². The third-order valence-electron chi connectivity index (χ3n) is 3.44. The van der Waals surface area contributed by atoms with E-state index in [1.165, 1.54) is 18.4 Å². The molecule has 0 spiro atoms. The van der Waals surface area contributed by atoms with Crippen molar-refractivity contribution in [3.05, 3.63) is 11.8 Å². The van der Waals surface area contributed by atoms with Gasteiger partial charge in [0.1, 0.15) is 0 Å². The van der Waals surface area contributed by atoms with Crippen LogP contribution in [0.25, 0.3) is 0 Å². The summed E-state index contributed by atoms with van der Waals surface area (Å²) in [5, 5.41) is 0. The van der Waals surface area contributed by atoms with Gasteiger partial charge >= 0.3 is 5.97 Å². The van der Waals surface area contributed by atoms with Crippen LogP contribution in [-0.2, 0) is 9.53 Å². The van der Waals surface area contributed by atoms with Crippen molar-refractivity contribution in [1.82, 2.24) is 0 Å². The first-order chi connectivity index (χ1) is 6.20. The number of hydrogen-bond donors (Lipinski definition) is 0. The molecule has 0 radical (unpaired) electrons. The molecule has 1 saturated carbocycles. The zero-order chi connectivity index (χ0) is 9.42. The molecular weight excluding hydrogens is 164 g/mol. The number of hydrogen-bond acceptors (Lipinski definition) is 2. The third kappa shape index (κ3) is 1.38. The van der Waals surface area contributed by atoms with Gasteiger partial charge in [0, 0.05) is 0 Å². The number of esters is 1. The Bertz CT molecular complexity index is 255. The minimum absolute atomic E-state index is 0.0113. The molecule has 0 amide bonds. The molecule has 1 heterocycles. The van der Waals surface area contributed by atoms with E-state index in [-0.39, 0.29) is 11.9 Å². The smallest absolute Gasteiger partial charge is 0.314 e. The van der Waals surface area contributed by atoms with Crippen molar-refractivity contribution < 1.29 is 9.53 Å². The number of carbonyl (C=O) groups is 1. The summed E-state index contributed by atoms with van der Waals surface area (Å²) in [6, 6.07) is 0. The Morgan fingerprint density at radius 3 is 2.92 bits per heavy atom. The molecule has 3 atom stereocenters. The number of carbonyl (C=O) groups excluding carboxylic acids is 1. The van der Waals surface area contributed by atoms with Crippen LogP contribution in [0.5, 0.6) is 0 Å². The van der Waals surface area contributed by atoms with Gasteiger partial charge in [-0.1, -0.05) is 13.3 Å². The van der Waals surface area contributed by atoms with Crippen molar-refractivity contribution >= 4 is 5.97 Å². The van der Waals surface area contributed by atoms with Gasteiger partial charge in [0.25, 0.3) is 0 Å². The summed E-state index contributed by atoms with van der Waals surface area (Å²) < 4.78 is 5.03. The van der Waals surface area contributed by atoms with Crippen molar-refractivity contribution in [1.29, 1.82) is 0 Å². The molecule has 0 saturated heterocycles. The highest BCUT2D eigenvalue weighted by Crippen LogP contribution is 2.41. The number of allylic oxidation sites excluding steroid dienone is 1. The largest absolute Gasteiger partial charge is 0.434 e. The van der Waals surface area contributed by atoms with Gasteiger partial charge in [-0.2, -0.15) is 0 Å². The molecule has 0 aromatic rings. The van der Waals surface area contributed by atoms with E-state index in [0.29, 0.717) is 11.8 Å². The van der Waals surface area contributed by atoms with Crippen molar-refractivity contribution in [3.8, 4) is 0 Å². The van der Waals surface area contributed by atoms with E-state index < -0.39 is 0 Å². The summed E-state index contributed by atoms with van der Waals surface area (Å²) in [6.45, 7) is 4.23. The summed E-state index contributed by atoms with van der Waals surface area (Å²) >= 11 is 0. The highest BCUT2D eigenvalue weighted by Gasteiger charge is 2.40. The average Bonchev–Trinajstić information content (AvgIpc) is 2.12. The Kier molecular flexibility index (Phi) is 2.14.